The Balaban J connectivity index is 2.08. The van der Waals surface area contributed by atoms with Gasteiger partial charge in [-0.05, 0) is 31.5 Å². The second-order valence-corrected chi connectivity index (χ2v) is 5.15. The fourth-order valence-corrected chi connectivity index (χ4v) is 2.50. The Morgan fingerprint density at radius 2 is 2.26 bits per heavy atom. The van der Waals surface area contributed by atoms with E-state index < -0.39 is 0 Å². The maximum Gasteiger partial charge on any atom is 0.337 e. The second kappa shape index (κ2) is 6.17. The van der Waals surface area contributed by atoms with E-state index in [1.54, 1.807) is 6.07 Å². The van der Waals surface area contributed by atoms with E-state index in [-0.39, 0.29) is 5.97 Å². The number of carbonyl (C=O) groups excluding carboxylic acids is 1. The normalized spacial score (nSPS) is 24.2. The van der Waals surface area contributed by atoms with E-state index in [0.29, 0.717) is 17.6 Å². The predicted molar refractivity (Wildman–Crippen MR) is 75.1 cm³/mol. The van der Waals surface area contributed by atoms with Crippen molar-refractivity contribution in [3.05, 3.63) is 35.4 Å². The van der Waals surface area contributed by atoms with Crippen LogP contribution in [-0.2, 0) is 11.3 Å². The summed E-state index contributed by atoms with van der Waals surface area (Å²) < 4.78 is 4.76. The molecule has 0 saturated carbocycles. The van der Waals surface area contributed by atoms with Gasteiger partial charge in [-0.15, -0.1) is 0 Å². The minimum absolute atomic E-state index is 0.274. The third-order valence-corrected chi connectivity index (χ3v) is 3.90. The Hall–Kier alpha value is -1.39. The zero-order valence-electron chi connectivity index (χ0n) is 11.8. The molecule has 0 aromatic heterocycles. The molecule has 19 heavy (non-hydrogen) atoms. The Morgan fingerprint density at radius 3 is 3.00 bits per heavy atom. The molecule has 1 aliphatic heterocycles. The van der Waals surface area contributed by atoms with Gasteiger partial charge in [0.2, 0.25) is 0 Å². The van der Waals surface area contributed by atoms with Crippen LogP contribution < -0.4 is 5.32 Å². The van der Waals surface area contributed by atoms with Gasteiger partial charge in [-0.2, -0.15) is 0 Å². The highest BCUT2D eigenvalue weighted by atomic mass is 16.5. The number of nitrogens with one attached hydrogen (secondary N) is 1. The zero-order valence-corrected chi connectivity index (χ0v) is 11.8. The molecule has 2 atom stereocenters. The molecule has 1 saturated heterocycles. The number of hydrogen-bond acceptors (Lipinski definition) is 4. The number of methoxy groups -OCH3 is 1. The fraction of sp³-hybridized carbons (Fsp3) is 0.533. The minimum Gasteiger partial charge on any atom is -0.465 e. The topological polar surface area (TPSA) is 41.6 Å². The third-order valence-electron chi connectivity index (χ3n) is 3.90. The van der Waals surface area contributed by atoms with E-state index in [4.69, 9.17) is 4.74 Å². The van der Waals surface area contributed by atoms with Crippen molar-refractivity contribution < 1.29 is 9.53 Å². The molecule has 0 aliphatic carbocycles. The van der Waals surface area contributed by atoms with Crippen LogP contribution in [0.15, 0.2) is 24.3 Å². The summed E-state index contributed by atoms with van der Waals surface area (Å²) in [6.07, 6.45) is 0. The van der Waals surface area contributed by atoms with E-state index in [2.05, 4.69) is 30.1 Å². The van der Waals surface area contributed by atoms with Gasteiger partial charge in [0, 0.05) is 31.7 Å². The number of carbonyl (C=O) groups is 1. The Kier molecular flexibility index (Phi) is 4.56. The standard InChI is InChI=1S/C15H22N2O2/c1-11-12(2)17(8-7-16-11)10-13-5-4-6-14(9-13)15(18)19-3/h4-6,9,11-12,16H,7-8,10H2,1-3H3. The van der Waals surface area contributed by atoms with E-state index in [9.17, 15) is 4.79 Å². The van der Waals surface area contributed by atoms with E-state index in [1.165, 1.54) is 7.11 Å². The quantitative estimate of drug-likeness (QED) is 0.841. The summed E-state index contributed by atoms with van der Waals surface area (Å²) in [5.74, 6) is -0.274. The maximum absolute atomic E-state index is 11.5. The van der Waals surface area contributed by atoms with E-state index >= 15 is 0 Å². The number of hydrogen-bond donors (Lipinski definition) is 1. The molecule has 4 heteroatoms. The minimum atomic E-state index is -0.274. The highest BCUT2D eigenvalue weighted by Gasteiger charge is 2.24. The monoisotopic (exact) mass is 262 g/mol. The molecule has 2 rings (SSSR count). The smallest absolute Gasteiger partial charge is 0.337 e. The van der Waals surface area contributed by atoms with E-state index in [0.717, 1.165) is 25.2 Å². The van der Waals surface area contributed by atoms with Gasteiger partial charge in [-0.3, -0.25) is 4.90 Å². The van der Waals surface area contributed by atoms with Crippen LogP contribution in [0.3, 0.4) is 0 Å². The lowest BCUT2D eigenvalue weighted by Gasteiger charge is -2.38. The van der Waals surface area contributed by atoms with Crippen molar-refractivity contribution in [1.29, 1.82) is 0 Å². The first kappa shape index (κ1) is 14.0. The molecular formula is C15H22N2O2. The Morgan fingerprint density at radius 1 is 1.47 bits per heavy atom. The first-order valence-corrected chi connectivity index (χ1v) is 6.76. The number of esters is 1. The zero-order chi connectivity index (χ0) is 13.8. The average molecular weight is 262 g/mol. The van der Waals surface area contributed by atoms with E-state index in [1.807, 2.05) is 12.1 Å². The van der Waals surface area contributed by atoms with Crippen molar-refractivity contribution in [1.82, 2.24) is 10.2 Å². The molecule has 0 bridgehead atoms. The number of rotatable bonds is 3. The summed E-state index contributed by atoms with van der Waals surface area (Å²) >= 11 is 0. The molecule has 1 heterocycles. The van der Waals surface area contributed by atoms with Crippen molar-refractivity contribution in [2.24, 2.45) is 0 Å². The number of piperazine rings is 1. The molecule has 0 radical (unpaired) electrons. The summed E-state index contributed by atoms with van der Waals surface area (Å²) in [6, 6.07) is 8.68. The highest BCUT2D eigenvalue weighted by Crippen LogP contribution is 2.15. The molecule has 4 nitrogen and oxygen atoms in total. The van der Waals surface area contributed by atoms with Gasteiger partial charge in [0.15, 0.2) is 0 Å². The molecule has 1 aromatic rings. The van der Waals surface area contributed by atoms with Crippen molar-refractivity contribution in [3.8, 4) is 0 Å². The van der Waals surface area contributed by atoms with Crippen LogP contribution in [0.25, 0.3) is 0 Å². The molecule has 1 aromatic carbocycles. The molecule has 0 amide bonds. The first-order valence-electron chi connectivity index (χ1n) is 6.76. The summed E-state index contributed by atoms with van der Waals surface area (Å²) in [5, 5.41) is 3.47. The van der Waals surface area contributed by atoms with Gasteiger partial charge in [0.25, 0.3) is 0 Å². The lowest BCUT2D eigenvalue weighted by Crippen LogP contribution is -2.54. The van der Waals surface area contributed by atoms with Gasteiger partial charge in [-0.25, -0.2) is 4.79 Å². The van der Waals surface area contributed by atoms with Crippen LogP contribution in [0, 0.1) is 0 Å². The highest BCUT2D eigenvalue weighted by molar-refractivity contribution is 5.89. The maximum atomic E-state index is 11.5. The summed E-state index contributed by atoms with van der Waals surface area (Å²) in [7, 11) is 1.41. The number of ether oxygens (including phenoxy) is 1. The fourth-order valence-electron chi connectivity index (χ4n) is 2.50. The molecule has 1 N–H and O–H groups in total. The largest absolute Gasteiger partial charge is 0.465 e. The third kappa shape index (κ3) is 3.33. The Bertz CT molecular complexity index is 448. The second-order valence-electron chi connectivity index (χ2n) is 5.15. The predicted octanol–water partition coefficient (Wildman–Crippen LogP) is 1.66. The molecule has 1 aliphatic rings. The van der Waals surface area contributed by atoms with Crippen LogP contribution in [0.5, 0.6) is 0 Å². The molecule has 0 spiro atoms. The van der Waals surface area contributed by atoms with Crippen molar-refractivity contribution in [2.45, 2.75) is 32.5 Å². The molecule has 1 fully saturated rings. The molecule has 104 valence electrons. The van der Waals surface area contributed by atoms with Crippen molar-refractivity contribution in [3.63, 3.8) is 0 Å². The van der Waals surface area contributed by atoms with Gasteiger partial charge in [0.1, 0.15) is 0 Å². The van der Waals surface area contributed by atoms with Crippen LogP contribution in [-0.4, -0.2) is 43.2 Å². The van der Waals surface area contributed by atoms with Crippen LogP contribution in [0.2, 0.25) is 0 Å². The van der Waals surface area contributed by atoms with Crippen LogP contribution >= 0.6 is 0 Å². The lowest BCUT2D eigenvalue weighted by molar-refractivity contribution is 0.0600. The number of nitrogens with zero attached hydrogens (tertiary/aromatic N) is 1. The summed E-state index contributed by atoms with van der Waals surface area (Å²) in [5.41, 5.74) is 1.78. The van der Waals surface area contributed by atoms with Gasteiger partial charge in [0.05, 0.1) is 12.7 Å². The number of benzene rings is 1. The lowest BCUT2D eigenvalue weighted by atomic mass is 10.0. The SMILES string of the molecule is COC(=O)c1cccc(CN2CCNC(C)C2C)c1. The molecular weight excluding hydrogens is 240 g/mol. The van der Waals surface area contributed by atoms with Crippen molar-refractivity contribution in [2.75, 3.05) is 20.2 Å². The van der Waals surface area contributed by atoms with Gasteiger partial charge < -0.3 is 10.1 Å². The summed E-state index contributed by atoms with van der Waals surface area (Å²) in [6.45, 7) is 7.37. The van der Waals surface area contributed by atoms with Gasteiger partial charge >= 0.3 is 5.97 Å². The first-order chi connectivity index (χ1) is 9.11. The van der Waals surface area contributed by atoms with Gasteiger partial charge in [-0.1, -0.05) is 12.1 Å². The van der Waals surface area contributed by atoms with Crippen LogP contribution in [0.4, 0.5) is 0 Å². The Labute approximate surface area is 114 Å². The van der Waals surface area contributed by atoms with Crippen LogP contribution in [0.1, 0.15) is 29.8 Å². The average Bonchev–Trinajstić information content (AvgIpc) is 2.43. The summed E-state index contributed by atoms with van der Waals surface area (Å²) in [4.78, 5) is 14.0. The molecule has 2 unspecified atom stereocenters. The van der Waals surface area contributed by atoms with Crippen molar-refractivity contribution >= 4 is 5.97 Å².